The quantitative estimate of drug-likeness (QED) is 0.494. The molecule has 6 rings (SSSR count). The van der Waals surface area contributed by atoms with Crippen molar-refractivity contribution in [3.63, 3.8) is 0 Å². The number of thiazole rings is 1. The molecule has 0 spiro atoms. The molecule has 0 amide bonds. The second kappa shape index (κ2) is 7.71. The standard InChI is InChI=1S/C28H22N2O2S/c1-17-6-10-20(11-7-17)26-23-15-12-19-4-2-3-5-22(19)25(23)29-28-30(26)27(32)24(33-28)16-18-8-13-21(31)14-9-18/h2-11,13-14,16,26,31H,12,15H2,1H3. The van der Waals surface area contributed by atoms with Gasteiger partial charge in [-0.1, -0.05) is 77.6 Å². The minimum Gasteiger partial charge on any atom is -0.508 e. The highest BCUT2D eigenvalue weighted by Crippen LogP contribution is 2.41. The lowest BCUT2D eigenvalue weighted by molar-refractivity contribution is 0.475. The number of aromatic hydroxyl groups is 1. The summed E-state index contributed by atoms with van der Waals surface area (Å²) in [5.74, 6) is 0.208. The van der Waals surface area contributed by atoms with Crippen LogP contribution in [0.5, 0.6) is 5.75 Å². The topological polar surface area (TPSA) is 54.6 Å². The van der Waals surface area contributed by atoms with Gasteiger partial charge in [0.05, 0.1) is 16.3 Å². The van der Waals surface area contributed by atoms with Crippen LogP contribution in [0.2, 0.25) is 0 Å². The van der Waals surface area contributed by atoms with E-state index in [-0.39, 0.29) is 17.4 Å². The number of aryl methyl sites for hydroxylation is 2. The molecular weight excluding hydrogens is 428 g/mol. The van der Waals surface area contributed by atoms with Crippen molar-refractivity contribution in [3.05, 3.63) is 126 Å². The molecule has 4 nitrogen and oxygen atoms in total. The molecular formula is C28H22N2O2S. The summed E-state index contributed by atoms with van der Waals surface area (Å²) in [5, 5.41) is 9.59. The van der Waals surface area contributed by atoms with Gasteiger partial charge in [-0.05, 0) is 60.2 Å². The number of hydrogen-bond acceptors (Lipinski definition) is 4. The monoisotopic (exact) mass is 450 g/mol. The second-order valence-electron chi connectivity index (χ2n) is 8.62. The van der Waals surface area contributed by atoms with Crippen LogP contribution < -0.4 is 14.9 Å². The number of hydrogen-bond donors (Lipinski definition) is 1. The maximum Gasteiger partial charge on any atom is 0.271 e. The Morgan fingerprint density at radius 3 is 2.55 bits per heavy atom. The first-order valence-electron chi connectivity index (χ1n) is 11.1. The van der Waals surface area contributed by atoms with Crippen LogP contribution in [0.3, 0.4) is 0 Å². The van der Waals surface area contributed by atoms with Crippen LogP contribution in [0.4, 0.5) is 0 Å². The number of phenols is 1. The Kier molecular flexibility index (Phi) is 4.66. The first-order valence-corrected chi connectivity index (χ1v) is 11.9. The van der Waals surface area contributed by atoms with Crippen LogP contribution in [0, 0.1) is 6.92 Å². The molecule has 0 saturated carbocycles. The molecule has 1 aliphatic heterocycles. The van der Waals surface area contributed by atoms with E-state index in [0.29, 0.717) is 4.53 Å². The van der Waals surface area contributed by atoms with Crippen molar-refractivity contribution in [2.45, 2.75) is 25.8 Å². The van der Waals surface area contributed by atoms with Crippen molar-refractivity contribution >= 4 is 23.1 Å². The van der Waals surface area contributed by atoms with E-state index < -0.39 is 0 Å². The molecule has 1 N–H and O–H groups in total. The van der Waals surface area contributed by atoms with Crippen LogP contribution in [-0.2, 0) is 6.42 Å². The lowest BCUT2D eigenvalue weighted by atomic mass is 9.83. The second-order valence-corrected chi connectivity index (χ2v) is 9.63. The highest BCUT2D eigenvalue weighted by molar-refractivity contribution is 7.07. The molecule has 162 valence electrons. The first kappa shape index (κ1) is 19.9. The number of fused-ring (bicyclic) bond motifs is 3. The highest BCUT2D eigenvalue weighted by Gasteiger charge is 2.32. The van der Waals surface area contributed by atoms with Gasteiger partial charge in [0, 0.05) is 5.56 Å². The summed E-state index contributed by atoms with van der Waals surface area (Å²) in [5.41, 5.74) is 7.86. The zero-order valence-electron chi connectivity index (χ0n) is 18.2. The molecule has 3 aromatic carbocycles. The zero-order valence-corrected chi connectivity index (χ0v) is 19.0. The Bertz CT molecular complexity index is 1590. The van der Waals surface area contributed by atoms with Gasteiger partial charge in [0.25, 0.3) is 5.56 Å². The van der Waals surface area contributed by atoms with Crippen LogP contribution in [-0.4, -0.2) is 9.67 Å². The number of allylic oxidation sites excluding steroid dienone is 1. The lowest BCUT2D eigenvalue weighted by Crippen LogP contribution is -2.38. The van der Waals surface area contributed by atoms with E-state index in [4.69, 9.17) is 4.99 Å². The minimum atomic E-state index is -0.160. The summed E-state index contributed by atoms with van der Waals surface area (Å²) in [6.07, 6.45) is 3.72. The summed E-state index contributed by atoms with van der Waals surface area (Å²) in [4.78, 5) is 19.4. The first-order chi connectivity index (χ1) is 16.1. The summed E-state index contributed by atoms with van der Waals surface area (Å²) in [6, 6.07) is 23.7. The molecule has 0 bridgehead atoms. The number of nitrogens with zero attached hydrogens (tertiary/aromatic N) is 2. The lowest BCUT2D eigenvalue weighted by Gasteiger charge is -2.30. The fraction of sp³-hybridized carbons (Fsp3) is 0.143. The van der Waals surface area contributed by atoms with Gasteiger partial charge < -0.3 is 5.11 Å². The molecule has 4 aromatic rings. The molecule has 5 heteroatoms. The van der Waals surface area contributed by atoms with Gasteiger partial charge in [0.15, 0.2) is 4.80 Å². The van der Waals surface area contributed by atoms with Crippen LogP contribution in [0.25, 0.3) is 11.8 Å². The van der Waals surface area contributed by atoms with E-state index in [1.165, 1.54) is 33.6 Å². The molecule has 2 heterocycles. The molecule has 1 unspecified atom stereocenters. The smallest absolute Gasteiger partial charge is 0.271 e. The SMILES string of the molecule is Cc1ccc(C2C3=C(N=c4sc(=Cc5ccc(O)cc5)c(=O)n42)c2ccccc2CC3)cc1. The van der Waals surface area contributed by atoms with Crippen molar-refractivity contribution in [2.24, 2.45) is 4.99 Å². The third-order valence-corrected chi connectivity index (χ3v) is 7.44. The van der Waals surface area contributed by atoms with Gasteiger partial charge >= 0.3 is 0 Å². The largest absolute Gasteiger partial charge is 0.508 e. The summed E-state index contributed by atoms with van der Waals surface area (Å²) < 4.78 is 2.51. The Morgan fingerprint density at radius 1 is 1.00 bits per heavy atom. The molecule has 0 saturated heterocycles. The van der Waals surface area contributed by atoms with Gasteiger partial charge in [-0.15, -0.1) is 0 Å². The summed E-state index contributed by atoms with van der Waals surface area (Å²) >= 11 is 1.42. The molecule has 0 fully saturated rings. The minimum absolute atomic E-state index is 0.0252. The van der Waals surface area contributed by atoms with Crippen molar-refractivity contribution in [2.75, 3.05) is 0 Å². The van der Waals surface area contributed by atoms with Crippen molar-refractivity contribution < 1.29 is 5.11 Å². The molecule has 33 heavy (non-hydrogen) atoms. The maximum absolute atomic E-state index is 13.7. The van der Waals surface area contributed by atoms with E-state index >= 15 is 0 Å². The Morgan fingerprint density at radius 2 is 1.76 bits per heavy atom. The highest BCUT2D eigenvalue weighted by atomic mass is 32.1. The maximum atomic E-state index is 13.7. The van der Waals surface area contributed by atoms with Gasteiger partial charge in [-0.3, -0.25) is 9.36 Å². The number of rotatable bonds is 2. The van der Waals surface area contributed by atoms with E-state index in [0.717, 1.165) is 34.5 Å². The summed E-state index contributed by atoms with van der Waals surface area (Å²) in [6.45, 7) is 2.08. The zero-order chi connectivity index (χ0) is 22.5. The van der Waals surface area contributed by atoms with E-state index in [2.05, 4.69) is 55.5 Å². The Labute approximate surface area is 195 Å². The van der Waals surface area contributed by atoms with Crippen molar-refractivity contribution in [1.82, 2.24) is 4.57 Å². The average molecular weight is 451 g/mol. The van der Waals surface area contributed by atoms with E-state index in [1.54, 1.807) is 12.1 Å². The van der Waals surface area contributed by atoms with E-state index in [9.17, 15) is 9.90 Å². The van der Waals surface area contributed by atoms with E-state index in [1.807, 2.05) is 22.8 Å². The van der Waals surface area contributed by atoms with Gasteiger partial charge in [-0.2, -0.15) is 0 Å². The number of phenolic OH excluding ortho intramolecular Hbond substituents is 1. The predicted molar refractivity (Wildman–Crippen MR) is 132 cm³/mol. The third-order valence-electron chi connectivity index (χ3n) is 6.46. The normalized spacial score (nSPS) is 17.2. The number of aromatic nitrogens is 1. The fourth-order valence-electron chi connectivity index (χ4n) is 4.79. The molecule has 2 aliphatic rings. The molecule has 1 aliphatic carbocycles. The molecule has 1 aromatic heterocycles. The predicted octanol–water partition coefficient (Wildman–Crippen LogP) is 4.33. The molecule has 0 radical (unpaired) electrons. The Hall–Kier alpha value is -3.70. The third kappa shape index (κ3) is 3.36. The van der Waals surface area contributed by atoms with Crippen LogP contribution >= 0.6 is 11.3 Å². The van der Waals surface area contributed by atoms with Gasteiger partial charge in [-0.25, -0.2) is 4.99 Å². The van der Waals surface area contributed by atoms with Gasteiger partial charge in [0.1, 0.15) is 5.75 Å². The van der Waals surface area contributed by atoms with Crippen LogP contribution in [0.1, 0.15) is 40.3 Å². The molecule has 1 atom stereocenters. The van der Waals surface area contributed by atoms with Crippen molar-refractivity contribution in [3.8, 4) is 5.75 Å². The summed E-state index contributed by atoms with van der Waals surface area (Å²) in [7, 11) is 0. The average Bonchev–Trinajstić information content (AvgIpc) is 3.14. The van der Waals surface area contributed by atoms with Crippen LogP contribution in [0.15, 0.2) is 88.2 Å². The fourth-order valence-corrected chi connectivity index (χ4v) is 5.79. The van der Waals surface area contributed by atoms with Crippen molar-refractivity contribution in [1.29, 1.82) is 0 Å². The van der Waals surface area contributed by atoms with Gasteiger partial charge in [0.2, 0.25) is 0 Å². The Balaban J connectivity index is 1.62. The number of benzene rings is 3.